The highest BCUT2D eigenvalue weighted by atomic mass is 32.1. The third-order valence-corrected chi connectivity index (χ3v) is 4.15. The zero-order valence-electron chi connectivity index (χ0n) is 13.6. The number of aromatic amines is 1. The molecule has 2 N–H and O–H groups in total. The minimum atomic E-state index is -0.266. The Bertz CT molecular complexity index is 642. The average molecular weight is 322 g/mol. The number of carbonyl (C=O) groups excluding carboxylic acids is 1. The van der Waals surface area contributed by atoms with Crippen LogP contribution in [0.4, 0.5) is 5.82 Å². The fourth-order valence-electron chi connectivity index (χ4n) is 1.85. The predicted molar refractivity (Wildman–Crippen MR) is 87.4 cm³/mol. The smallest absolute Gasteiger partial charge is 0.276 e. The Morgan fingerprint density at radius 1 is 1.50 bits per heavy atom. The number of H-pyrrole nitrogens is 1. The Morgan fingerprint density at radius 3 is 2.82 bits per heavy atom. The molecule has 2 rings (SSSR count). The molecule has 0 aromatic carbocycles. The molecule has 0 saturated carbocycles. The van der Waals surface area contributed by atoms with E-state index in [1.807, 2.05) is 19.9 Å². The van der Waals surface area contributed by atoms with Crippen LogP contribution in [0.15, 0.2) is 11.4 Å². The molecule has 2 aromatic rings. The van der Waals surface area contributed by atoms with Gasteiger partial charge in [-0.2, -0.15) is 5.10 Å². The molecule has 6 nitrogen and oxygen atoms in total. The molecule has 0 fully saturated rings. The largest absolute Gasteiger partial charge is 0.372 e. The highest BCUT2D eigenvalue weighted by Gasteiger charge is 2.19. The van der Waals surface area contributed by atoms with Crippen molar-refractivity contribution in [1.29, 1.82) is 0 Å². The Morgan fingerprint density at radius 2 is 2.23 bits per heavy atom. The van der Waals surface area contributed by atoms with Crippen LogP contribution in [0.5, 0.6) is 0 Å². The van der Waals surface area contributed by atoms with E-state index >= 15 is 0 Å². The lowest BCUT2D eigenvalue weighted by Crippen LogP contribution is -2.13. The average Bonchev–Trinajstić information content (AvgIpc) is 3.06. The molecule has 0 saturated heterocycles. The number of ether oxygens (including phenoxy) is 1. The van der Waals surface area contributed by atoms with Gasteiger partial charge in [-0.05, 0) is 13.8 Å². The number of carbonyl (C=O) groups is 1. The van der Waals surface area contributed by atoms with E-state index in [2.05, 4.69) is 41.3 Å². The summed E-state index contributed by atoms with van der Waals surface area (Å²) >= 11 is 1.42. The summed E-state index contributed by atoms with van der Waals surface area (Å²) in [6.07, 6.45) is -0.102. The first kappa shape index (κ1) is 16.6. The van der Waals surface area contributed by atoms with Crippen molar-refractivity contribution in [2.75, 3.05) is 11.9 Å². The third kappa shape index (κ3) is 3.92. The summed E-state index contributed by atoms with van der Waals surface area (Å²) < 4.78 is 5.48. The standard InChI is InChI=1S/C15H22N4O2S/c1-6-21-9(2)14-16-10(8-22-14)13(20)17-12-7-11(18-19-12)15(3,4)5/h7-9H,6H2,1-5H3,(H2,17,18,19,20). The number of amides is 1. The summed E-state index contributed by atoms with van der Waals surface area (Å²) in [5, 5.41) is 12.3. The number of aromatic nitrogens is 3. The molecule has 2 heterocycles. The summed E-state index contributed by atoms with van der Waals surface area (Å²) in [6, 6.07) is 1.84. The van der Waals surface area contributed by atoms with E-state index in [-0.39, 0.29) is 17.4 Å². The molecule has 0 spiro atoms. The summed E-state index contributed by atoms with van der Waals surface area (Å²) in [6.45, 7) is 10.7. The number of nitrogens with one attached hydrogen (secondary N) is 2. The van der Waals surface area contributed by atoms with Gasteiger partial charge in [-0.3, -0.25) is 9.89 Å². The van der Waals surface area contributed by atoms with E-state index in [9.17, 15) is 4.79 Å². The maximum absolute atomic E-state index is 12.2. The van der Waals surface area contributed by atoms with Gasteiger partial charge < -0.3 is 10.1 Å². The predicted octanol–water partition coefficient (Wildman–Crippen LogP) is 3.51. The Labute approximate surface area is 134 Å². The monoisotopic (exact) mass is 322 g/mol. The van der Waals surface area contributed by atoms with Gasteiger partial charge in [0.05, 0.1) is 0 Å². The van der Waals surface area contributed by atoms with Crippen molar-refractivity contribution < 1.29 is 9.53 Å². The molecule has 22 heavy (non-hydrogen) atoms. The molecule has 1 atom stereocenters. The maximum Gasteiger partial charge on any atom is 0.276 e. The van der Waals surface area contributed by atoms with Gasteiger partial charge >= 0.3 is 0 Å². The molecule has 1 unspecified atom stereocenters. The van der Waals surface area contributed by atoms with Crippen LogP contribution in [0.1, 0.15) is 61.9 Å². The Balaban J connectivity index is 2.05. The molecule has 0 radical (unpaired) electrons. The summed E-state index contributed by atoms with van der Waals surface area (Å²) in [5.74, 6) is 0.237. The second-order valence-electron chi connectivity index (χ2n) is 6.04. The van der Waals surface area contributed by atoms with E-state index in [1.165, 1.54) is 11.3 Å². The van der Waals surface area contributed by atoms with Crippen molar-refractivity contribution >= 4 is 23.1 Å². The topological polar surface area (TPSA) is 79.9 Å². The molecule has 7 heteroatoms. The molecule has 1 amide bonds. The number of nitrogens with zero attached hydrogens (tertiary/aromatic N) is 2. The minimum absolute atomic E-state index is 0.0449. The van der Waals surface area contributed by atoms with Crippen molar-refractivity contribution in [3.05, 3.63) is 27.8 Å². The van der Waals surface area contributed by atoms with E-state index in [0.29, 0.717) is 18.1 Å². The van der Waals surface area contributed by atoms with Crippen LogP contribution in [-0.4, -0.2) is 27.7 Å². The molecule has 0 aliphatic carbocycles. The lowest BCUT2D eigenvalue weighted by molar-refractivity contribution is 0.0760. The summed E-state index contributed by atoms with van der Waals surface area (Å²) in [4.78, 5) is 16.5. The van der Waals surface area contributed by atoms with E-state index in [4.69, 9.17) is 4.74 Å². The third-order valence-electron chi connectivity index (χ3n) is 3.15. The van der Waals surface area contributed by atoms with Gasteiger partial charge in [0, 0.05) is 29.2 Å². The van der Waals surface area contributed by atoms with Crippen LogP contribution < -0.4 is 5.32 Å². The van der Waals surface area contributed by atoms with E-state index < -0.39 is 0 Å². The maximum atomic E-state index is 12.2. The highest BCUT2D eigenvalue weighted by molar-refractivity contribution is 7.09. The zero-order chi connectivity index (χ0) is 16.3. The molecule has 0 aliphatic heterocycles. The van der Waals surface area contributed by atoms with Gasteiger partial charge in [-0.15, -0.1) is 11.3 Å². The van der Waals surface area contributed by atoms with Crippen LogP contribution >= 0.6 is 11.3 Å². The Kier molecular flexibility index (Phi) is 4.97. The van der Waals surface area contributed by atoms with Crippen molar-refractivity contribution in [2.45, 2.75) is 46.1 Å². The van der Waals surface area contributed by atoms with Crippen LogP contribution in [0, 0.1) is 0 Å². The van der Waals surface area contributed by atoms with Crippen molar-refractivity contribution in [3.63, 3.8) is 0 Å². The number of anilines is 1. The van der Waals surface area contributed by atoms with Gasteiger partial charge in [0.25, 0.3) is 5.91 Å². The van der Waals surface area contributed by atoms with Gasteiger partial charge in [-0.1, -0.05) is 20.8 Å². The SMILES string of the molecule is CCOC(C)c1nc(C(=O)Nc2cc(C(C)(C)C)[nH]n2)cs1. The second-order valence-corrected chi connectivity index (χ2v) is 6.93. The summed E-state index contributed by atoms with van der Waals surface area (Å²) in [7, 11) is 0. The normalized spacial score (nSPS) is 13.1. The molecule has 0 bridgehead atoms. The fraction of sp³-hybridized carbons (Fsp3) is 0.533. The van der Waals surface area contributed by atoms with Crippen molar-refractivity contribution in [1.82, 2.24) is 15.2 Å². The first-order valence-corrected chi connectivity index (χ1v) is 8.13. The molecular weight excluding hydrogens is 300 g/mol. The molecule has 0 aliphatic rings. The molecule has 2 aromatic heterocycles. The number of hydrogen-bond donors (Lipinski definition) is 2. The lowest BCUT2D eigenvalue weighted by Gasteiger charge is -2.14. The van der Waals surface area contributed by atoms with Gasteiger partial charge in [0.1, 0.15) is 16.8 Å². The summed E-state index contributed by atoms with van der Waals surface area (Å²) in [5.41, 5.74) is 1.30. The second kappa shape index (κ2) is 6.58. The molecular formula is C15H22N4O2S. The number of thiazole rings is 1. The van der Waals surface area contributed by atoms with Gasteiger partial charge in [-0.25, -0.2) is 4.98 Å². The van der Waals surface area contributed by atoms with Crippen LogP contribution in [-0.2, 0) is 10.2 Å². The zero-order valence-corrected chi connectivity index (χ0v) is 14.4. The van der Waals surface area contributed by atoms with E-state index in [0.717, 1.165) is 10.7 Å². The Hall–Kier alpha value is -1.73. The number of hydrogen-bond acceptors (Lipinski definition) is 5. The number of rotatable bonds is 5. The minimum Gasteiger partial charge on any atom is -0.372 e. The van der Waals surface area contributed by atoms with Gasteiger partial charge in [0.2, 0.25) is 0 Å². The first-order valence-electron chi connectivity index (χ1n) is 7.25. The molecule has 120 valence electrons. The van der Waals surface area contributed by atoms with Crippen molar-refractivity contribution in [3.8, 4) is 0 Å². The van der Waals surface area contributed by atoms with E-state index in [1.54, 1.807) is 5.38 Å². The quantitative estimate of drug-likeness (QED) is 0.882. The van der Waals surface area contributed by atoms with Gasteiger partial charge in [0.15, 0.2) is 5.82 Å². The van der Waals surface area contributed by atoms with Crippen LogP contribution in [0.25, 0.3) is 0 Å². The first-order chi connectivity index (χ1) is 10.3. The highest BCUT2D eigenvalue weighted by Crippen LogP contribution is 2.23. The van der Waals surface area contributed by atoms with Crippen molar-refractivity contribution in [2.24, 2.45) is 0 Å². The van der Waals surface area contributed by atoms with Crippen LogP contribution in [0.2, 0.25) is 0 Å². The fourth-order valence-corrected chi connectivity index (χ4v) is 2.65. The van der Waals surface area contributed by atoms with Crippen LogP contribution in [0.3, 0.4) is 0 Å². The lowest BCUT2D eigenvalue weighted by atomic mass is 9.92.